The monoisotopic (exact) mass is 347 g/mol. The van der Waals surface area contributed by atoms with Crippen molar-refractivity contribution < 1.29 is 9.21 Å². The van der Waals surface area contributed by atoms with Gasteiger partial charge in [-0.1, -0.05) is 36.4 Å². The number of hydrogen-bond donors (Lipinski definition) is 1. The SMILES string of the molecule is O=C(Nc1ccccc1-c1nnc(-c2ccccc2)o1)c1cccs1. The summed E-state index contributed by atoms with van der Waals surface area (Å²) in [5.41, 5.74) is 2.16. The fourth-order valence-corrected chi connectivity index (χ4v) is 3.02. The van der Waals surface area contributed by atoms with Crippen LogP contribution in [0.2, 0.25) is 0 Å². The van der Waals surface area contributed by atoms with E-state index < -0.39 is 0 Å². The molecule has 4 aromatic rings. The highest BCUT2D eigenvalue weighted by molar-refractivity contribution is 7.12. The average Bonchev–Trinajstić information content (AvgIpc) is 3.35. The Morgan fingerprint density at radius 2 is 1.64 bits per heavy atom. The molecular formula is C19H13N3O2S. The van der Waals surface area contributed by atoms with Crippen molar-refractivity contribution in [3.05, 3.63) is 77.0 Å². The summed E-state index contributed by atoms with van der Waals surface area (Å²) in [6.07, 6.45) is 0. The van der Waals surface area contributed by atoms with Gasteiger partial charge in [0.25, 0.3) is 5.91 Å². The van der Waals surface area contributed by atoms with E-state index in [-0.39, 0.29) is 5.91 Å². The molecule has 0 aliphatic rings. The van der Waals surface area contributed by atoms with E-state index in [0.717, 1.165) is 5.56 Å². The summed E-state index contributed by atoms with van der Waals surface area (Å²) in [4.78, 5) is 13.0. The summed E-state index contributed by atoms with van der Waals surface area (Å²) in [7, 11) is 0. The summed E-state index contributed by atoms with van der Waals surface area (Å²) >= 11 is 1.39. The summed E-state index contributed by atoms with van der Waals surface area (Å²) < 4.78 is 5.80. The Labute approximate surface area is 148 Å². The Bertz CT molecular complexity index is 994. The molecular weight excluding hydrogens is 334 g/mol. The van der Waals surface area contributed by atoms with Crippen LogP contribution in [-0.2, 0) is 0 Å². The predicted octanol–water partition coefficient (Wildman–Crippen LogP) is 4.72. The van der Waals surface area contributed by atoms with Gasteiger partial charge in [-0.25, -0.2) is 0 Å². The van der Waals surface area contributed by atoms with Crippen molar-refractivity contribution in [1.82, 2.24) is 10.2 Å². The topological polar surface area (TPSA) is 68.0 Å². The van der Waals surface area contributed by atoms with Crippen molar-refractivity contribution in [1.29, 1.82) is 0 Å². The van der Waals surface area contributed by atoms with Gasteiger partial charge in [0, 0.05) is 5.56 Å². The molecule has 0 saturated heterocycles. The summed E-state index contributed by atoms with van der Waals surface area (Å²) in [5, 5.41) is 13.0. The average molecular weight is 347 g/mol. The Morgan fingerprint density at radius 1 is 0.880 bits per heavy atom. The number of carbonyl (C=O) groups is 1. The number of nitrogens with zero attached hydrogens (tertiary/aromatic N) is 2. The van der Waals surface area contributed by atoms with Gasteiger partial charge in [-0.05, 0) is 35.7 Å². The van der Waals surface area contributed by atoms with Crippen molar-refractivity contribution >= 4 is 22.9 Å². The van der Waals surface area contributed by atoms with Crippen LogP contribution in [0.1, 0.15) is 9.67 Å². The van der Waals surface area contributed by atoms with E-state index in [1.807, 2.05) is 66.0 Å². The second-order valence-corrected chi connectivity index (χ2v) is 6.20. The van der Waals surface area contributed by atoms with Crippen molar-refractivity contribution in [2.75, 3.05) is 5.32 Å². The zero-order chi connectivity index (χ0) is 17.1. The zero-order valence-corrected chi connectivity index (χ0v) is 13.9. The maximum absolute atomic E-state index is 12.3. The molecule has 1 amide bonds. The third kappa shape index (κ3) is 3.20. The lowest BCUT2D eigenvalue weighted by Gasteiger charge is -2.07. The molecule has 6 heteroatoms. The first-order valence-electron chi connectivity index (χ1n) is 7.64. The third-order valence-electron chi connectivity index (χ3n) is 3.60. The summed E-state index contributed by atoms with van der Waals surface area (Å²) in [5.74, 6) is 0.640. The Kier molecular flexibility index (Phi) is 4.10. The number of thiophene rings is 1. The van der Waals surface area contributed by atoms with Crippen molar-refractivity contribution in [3.63, 3.8) is 0 Å². The van der Waals surface area contributed by atoms with Gasteiger partial charge in [0.2, 0.25) is 11.8 Å². The molecule has 122 valence electrons. The molecule has 25 heavy (non-hydrogen) atoms. The van der Waals surface area contributed by atoms with Gasteiger partial charge in [-0.3, -0.25) is 4.79 Å². The molecule has 4 rings (SSSR count). The van der Waals surface area contributed by atoms with Crippen LogP contribution in [0, 0.1) is 0 Å². The van der Waals surface area contributed by atoms with Crippen LogP contribution in [-0.4, -0.2) is 16.1 Å². The van der Waals surface area contributed by atoms with E-state index in [9.17, 15) is 4.79 Å². The largest absolute Gasteiger partial charge is 0.416 e. The van der Waals surface area contributed by atoms with Crippen molar-refractivity contribution in [3.8, 4) is 22.9 Å². The van der Waals surface area contributed by atoms with Gasteiger partial charge in [-0.2, -0.15) is 0 Å². The van der Waals surface area contributed by atoms with Crippen molar-refractivity contribution in [2.24, 2.45) is 0 Å². The fourth-order valence-electron chi connectivity index (χ4n) is 2.40. The van der Waals surface area contributed by atoms with Crippen molar-refractivity contribution in [2.45, 2.75) is 0 Å². The van der Waals surface area contributed by atoms with E-state index in [1.54, 1.807) is 6.07 Å². The number of amides is 1. The molecule has 0 saturated carbocycles. The second kappa shape index (κ2) is 6.70. The maximum Gasteiger partial charge on any atom is 0.265 e. The molecule has 0 atom stereocenters. The number of anilines is 1. The summed E-state index contributed by atoms with van der Waals surface area (Å²) in [6, 6.07) is 20.5. The summed E-state index contributed by atoms with van der Waals surface area (Å²) in [6.45, 7) is 0. The predicted molar refractivity (Wildman–Crippen MR) is 97.4 cm³/mol. The molecule has 0 fully saturated rings. The van der Waals surface area contributed by atoms with Crippen LogP contribution in [0.5, 0.6) is 0 Å². The molecule has 0 unspecified atom stereocenters. The number of rotatable bonds is 4. The number of benzene rings is 2. The minimum absolute atomic E-state index is 0.162. The lowest BCUT2D eigenvalue weighted by atomic mass is 10.1. The molecule has 1 N–H and O–H groups in total. The zero-order valence-electron chi connectivity index (χ0n) is 13.0. The van der Waals surface area contributed by atoms with Gasteiger partial charge in [0.05, 0.1) is 16.1 Å². The van der Waals surface area contributed by atoms with Gasteiger partial charge in [0.1, 0.15) is 0 Å². The first-order valence-corrected chi connectivity index (χ1v) is 8.52. The number of carbonyl (C=O) groups excluding carboxylic acids is 1. The number of para-hydroxylation sites is 1. The van der Waals surface area contributed by atoms with Gasteiger partial charge in [-0.15, -0.1) is 21.5 Å². The highest BCUT2D eigenvalue weighted by Crippen LogP contribution is 2.29. The van der Waals surface area contributed by atoms with Crippen LogP contribution in [0.4, 0.5) is 5.69 Å². The maximum atomic E-state index is 12.3. The highest BCUT2D eigenvalue weighted by Gasteiger charge is 2.16. The lowest BCUT2D eigenvalue weighted by molar-refractivity contribution is 0.103. The smallest absolute Gasteiger partial charge is 0.265 e. The molecule has 0 aliphatic carbocycles. The van der Waals surface area contributed by atoms with E-state index in [2.05, 4.69) is 15.5 Å². The molecule has 2 heterocycles. The third-order valence-corrected chi connectivity index (χ3v) is 4.47. The molecule has 0 bridgehead atoms. The van der Waals surface area contributed by atoms with E-state index in [4.69, 9.17) is 4.42 Å². The van der Waals surface area contributed by atoms with E-state index in [1.165, 1.54) is 11.3 Å². The van der Waals surface area contributed by atoms with Crippen LogP contribution in [0.15, 0.2) is 76.5 Å². The molecule has 2 aromatic carbocycles. The van der Waals surface area contributed by atoms with E-state index >= 15 is 0 Å². The van der Waals surface area contributed by atoms with Crippen LogP contribution in [0.25, 0.3) is 22.9 Å². The molecule has 0 spiro atoms. The van der Waals surface area contributed by atoms with Crippen LogP contribution in [0.3, 0.4) is 0 Å². The van der Waals surface area contributed by atoms with Crippen LogP contribution < -0.4 is 5.32 Å². The number of aromatic nitrogens is 2. The first kappa shape index (κ1) is 15.3. The molecule has 5 nitrogen and oxygen atoms in total. The van der Waals surface area contributed by atoms with Crippen LogP contribution >= 0.6 is 11.3 Å². The molecule has 0 radical (unpaired) electrons. The highest BCUT2D eigenvalue weighted by atomic mass is 32.1. The molecule has 2 aromatic heterocycles. The molecule has 0 aliphatic heterocycles. The minimum Gasteiger partial charge on any atom is -0.416 e. The first-order chi connectivity index (χ1) is 12.3. The Balaban J connectivity index is 1.65. The quantitative estimate of drug-likeness (QED) is 0.580. The minimum atomic E-state index is -0.162. The lowest BCUT2D eigenvalue weighted by Crippen LogP contribution is -2.10. The van der Waals surface area contributed by atoms with E-state index in [0.29, 0.717) is 27.9 Å². The Morgan fingerprint density at radius 3 is 2.44 bits per heavy atom. The fraction of sp³-hybridized carbons (Fsp3) is 0. The number of nitrogens with one attached hydrogen (secondary N) is 1. The van der Waals surface area contributed by atoms with Gasteiger partial charge in [0.15, 0.2) is 0 Å². The van der Waals surface area contributed by atoms with Gasteiger partial charge < -0.3 is 9.73 Å². The normalized spacial score (nSPS) is 10.6. The van der Waals surface area contributed by atoms with Gasteiger partial charge >= 0.3 is 0 Å². The number of hydrogen-bond acceptors (Lipinski definition) is 5. The Hall–Kier alpha value is -3.25. The standard InChI is InChI=1S/C19H13N3O2S/c23-17(16-11-6-12-25-16)20-15-10-5-4-9-14(15)19-22-21-18(24-19)13-7-2-1-3-8-13/h1-12H,(H,20,23). The second-order valence-electron chi connectivity index (χ2n) is 5.26.